The summed E-state index contributed by atoms with van der Waals surface area (Å²) in [5, 5.41) is 3.24. The number of rotatable bonds is 5. The van der Waals surface area contributed by atoms with Crippen molar-refractivity contribution in [1.29, 1.82) is 0 Å². The van der Waals surface area contributed by atoms with Crippen molar-refractivity contribution in [3.63, 3.8) is 0 Å². The van der Waals surface area contributed by atoms with Gasteiger partial charge in [0.05, 0.1) is 6.61 Å². The minimum atomic E-state index is 0.524. The Bertz CT molecular complexity index is 580. The average Bonchev–Trinajstić information content (AvgIpc) is 2.35. The smallest absolute Gasteiger partial charge is 0.218 e. The maximum atomic E-state index is 5.73. The van der Waals surface area contributed by atoms with Gasteiger partial charge >= 0.3 is 0 Å². The second-order valence-electron chi connectivity index (χ2n) is 4.47. The van der Waals surface area contributed by atoms with Crippen LogP contribution >= 0.6 is 0 Å². The summed E-state index contributed by atoms with van der Waals surface area (Å²) in [6.45, 7) is 6.88. The van der Waals surface area contributed by atoms with E-state index in [0.29, 0.717) is 30.7 Å². The molecule has 2 aromatic rings. The van der Waals surface area contributed by atoms with Crippen molar-refractivity contribution in [2.45, 2.75) is 27.3 Å². The zero-order valence-corrected chi connectivity index (χ0v) is 12.0. The van der Waals surface area contributed by atoms with Crippen LogP contribution in [-0.2, 0) is 6.54 Å². The van der Waals surface area contributed by atoms with Gasteiger partial charge in [-0.2, -0.15) is 4.98 Å². The van der Waals surface area contributed by atoms with E-state index < -0.39 is 0 Å². The van der Waals surface area contributed by atoms with Gasteiger partial charge < -0.3 is 15.8 Å². The molecule has 6 heteroatoms. The van der Waals surface area contributed by atoms with Crippen molar-refractivity contribution in [1.82, 2.24) is 15.0 Å². The second-order valence-corrected chi connectivity index (χ2v) is 4.47. The zero-order chi connectivity index (χ0) is 14.5. The molecule has 2 aromatic heterocycles. The molecular formula is C14H19N5O. The van der Waals surface area contributed by atoms with E-state index in [9.17, 15) is 0 Å². The number of aryl methyl sites for hydroxylation is 2. The van der Waals surface area contributed by atoms with Crippen molar-refractivity contribution in [3.8, 4) is 5.88 Å². The number of hydrogen-bond acceptors (Lipinski definition) is 6. The highest BCUT2D eigenvalue weighted by Gasteiger charge is 2.03. The molecule has 2 rings (SSSR count). The minimum Gasteiger partial charge on any atom is -0.478 e. The number of aromatic nitrogens is 3. The summed E-state index contributed by atoms with van der Waals surface area (Å²) in [5.74, 6) is 2.50. The lowest BCUT2D eigenvalue weighted by atomic mass is 10.2. The maximum absolute atomic E-state index is 5.73. The van der Waals surface area contributed by atoms with Crippen LogP contribution < -0.4 is 15.8 Å². The van der Waals surface area contributed by atoms with E-state index >= 15 is 0 Å². The van der Waals surface area contributed by atoms with Crippen LogP contribution in [0.3, 0.4) is 0 Å². The molecule has 0 amide bonds. The van der Waals surface area contributed by atoms with Gasteiger partial charge in [0.25, 0.3) is 0 Å². The Balaban J connectivity index is 2.10. The van der Waals surface area contributed by atoms with E-state index in [4.69, 9.17) is 10.5 Å². The predicted molar refractivity (Wildman–Crippen MR) is 78.7 cm³/mol. The van der Waals surface area contributed by atoms with Gasteiger partial charge in [0.1, 0.15) is 17.5 Å². The van der Waals surface area contributed by atoms with E-state index in [1.54, 1.807) is 6.07 Å². The third kappa shape index (κ3) is 3.81. The average molecular weight is 273 g/mol. The van der Waals surface area contributed by atoms with Gasteiger partial charge in [-0.1, -0.05) is 0 Å². The molecule has 0 aliphatic rings. The Morgan fingerprint density at radius 3 is 2.65 bits per heavy atom. The van der Waals surface area contributed by atoms with Crippen molar-refractivity contribution < 1.29 is 4.74 Å². The highest BCUT2D eigenvalue weighted by molar-refractivity contribution is 5.41. The van der Waals surface area contributed by atoms with Crippen LogP contribution in [0.1, 0.15) is 24.0 Å². The standard InChI is InChI=1S/C14H19N5O/c1-4-20-14-7-13(18-10(3)19-14)16-8-11-5-9(2)17-12(15)6-11/h5-7H,4,8H2,1-3H3,(H2,15,17)(H,16,18,19). The minimum absolute atomic E-state index is 0.524. The van der Waals surface area contributed by atoms with Crippen LogP contribution in [0.2, 0.25) is 0 Å². The Hall–Kier alpha value is -2.37. The maximum Gasteiger partial charge on any atom is 0.218 e. The summed E-state index contributed by atoms with van der Waals surface area (Å²) in [5.41, 5.74) is 7.69. The van der Waals surface area contributed by atoms with Crippen molar-refractivity contribution in [3.05, 3.63) is 35.3 Å². The Kier molecular flexibility index (Phi) is 4.34. The lowest BCUT2D eigenvalue weighted by molar-refractivity contribution is 0.325. The first kappa shape index (κ1) is 14.0. The number of pyridine rings is 1. The van der Waals surface area contributed by atoms with Crippen LogP contribution in [0, 0.1) is 13.8 Å². The molecule has 20 heavy (non-hydrogen) atoms. The topological polar surface area (TPSA) is 86.0 Å². The summed E-state index contributed by atoms with van der Waals surface area (Å²) in [6, 6.07) is 5.62. The Morgan fingerprint density at radius 1 is 1.15 bits per heavy atom. The van der Waals surface area contributed by atoms with Crippen LogP contribution in [0.25, 0.3) is 0 Å². The van der Waals surface area contributed by atoms with Gasteiger partial charge in [0.15, 0.2) is 0 Å². The first-order valence-electron chi connectivity index (χ1n) is 6.52. The molecule has 0 unspecified atom stereocenters. The van der Waals surface area contributed by atoms with Gasteiger partial charge in [0, 0.05) is 18.3 Å². The van der Waals surface area contributed by atoms with Gasteiger partial charge in [0.2, 0.25) is 5.88 Å². The third-order valence-electron chi connectivity index (χ3n) is 2.61. The number of ether oxygens (including phenoxy) is 1. The molecule has 0 bridgehead atoms. The molecule has 0 spiro atoms. The highest BCUT2D eigenvalue weighted by Crippen LogP contribution is 2.15. The number of nitrogens with one attached hydrogen (secondary N) is 1. The molecule has 0 saturated carbocycles. The largest absolute Gasteiger partial charge is 0.478 e. The van der Waals surface area contributed by atoms with Gasteiger partial charge in [-0.3, -0.25) is 0 Å². The lowest BCUT2D eigenvalue weighted by Gasteiger charge is -2.09. The van der Waals surface area contributed by atoms with E-state index in [0.717, 1.165) is 17.1 Å². The summed E-state index contributed by atoms with van der Waals surface area (Å²) in [7, 11) is 0. The third-order valence-corrected chi connectivity index (χ3v) is 2.61. The van der Waals surface area contributed by atoms with Crippen LogP contribution in [0.4, 0.5) is 11.6 Å². The predicted octanol–water partition coefficient (Wildman–Crippen LogP) is 2.08. The number of nitrogens with two attached hydrogens (primary N) is 1. The summed E-state index contributed by atoms with van der Waals surface area (Å²) in [6.07, 6.45) is 0. The monoisotopic (exact) mass is 273 g/mol. The fourth-order valence-corrected chi connectivity index (χ4v) is 1.92. The van der Waals surface area contributed by atoms with Gasteiger partial charge in [-0.05, 0) is 38.5 Å². The Morgan fingerprint density at radius 2 is 1.95 bits per heavy atom. The van der Waals surface area contributed by atoms with Gasteiger partial charge in [-0.15, -0.1) is 0 Å². The molecule has 2 heterocycles. The van der Waals surface area contributed by atoms with Crippen molar-refractivity contribution in [2.24, 2.45) is 0 Å². The van der Waals surface area contributed by atoms with Crippen LogP contribution in [-0.4, -0.2) is 21.6 Å². The molecule has 0 aliphatic carbocycles. The lowest BCUT2D eigenvalue weighted by Crippen LogP contribution is -2.06. The summed E-state index contributed by atoms with van der Waals surface area (Å²) < 4.78 is 5.40. The molecule has 6 nitrogen and oxygen atoms in total. The molecule has 0 saturated heterocycles. The quantitative estimate of drug-likeness (QED) is 0.867. The fraction of sp³-hybridized carbons (Fsp3) is 0.357. The fourth-order valence-electron chi connectivity index (χ4n) is 1.92. The second kappa shape index (κ2) is 6.18. The zero-order valence-electron chi connectivity index (χ0n) is 12.0. The normalized spacial score (nSPS) is 10.3. The van der Waals surface area contributed by atoms with Crippen LogP contribution in [0.15, 0.2) is 18.2 Å². The molecule has 0 aliphatic heterocycles. The Labute approximate surface area is 118 Å². The van der Waals surface area contributed by atoms with Crippen LogP contribution in [0.5, 0.6) is 5.88 Å². The number of hydrogen-bond donors (Lipinski definition) is 2. The SMILES string of the molecule is CCOc1cc(NCc2cc(C)nc(N)c2)nc(C)n1. The van der Waals surface area contributed by atoms with E-state index in [2.05, 4.69) is 20.3 Å². The van der Waals surface area contributed by atoms with Crippen molar-refractivity contribution in [2.75, 3.05) is 17.7 Å². The molecule has 106 valence electrons. The van der Waals surface area contributed by atoms with Gasteiger partial charge in [-0.25, -0.2) is 9.97 Å². The summed E-state index contributed by atoms with van der Waals surface area (Å²) >= 11 is 0. The number of nitrogen functional groups attached to an aromatic ring is 1. The molecular weight excluding hydrogens is 254 g/mol. The van der Waals surface area contributed by atoms with E-state index in [1.807, 2.05) is 32.9 Å². The number of anilines is 2. The molecule has 3 N–H and O–H groups in total. The molecule has 0 radical (unpaired) electrons. The molecule has 0 fully saturated rings. The molecule has 0 aromatic carbocycles. The van der Waals surface area contributed by atoms with E-state index in [1.165, 1.54) is 0 Å². The van der Waals surface area contributed by atoms with E-state index in [-0.39, 0.29) is 0 Å². The molecule has 0 atom stereocenters. The number of nitrogens with zero attached hydrogens (tertiary/aromatic N) is 3. The first-order valence-corrected chi connectivity index (χ1v) is 6.52. The first-order chi connectivity index (χ1) is 9.56. The highest BCUT2D eigenvalue weighted by atomic mass is 16.5. The summed E-state index contributed by atoms with van der Waals surface area (Å²) in [4.78, 5) is 12.7. The van der Waals surface area contributed by atoms with Crippen molar-refractivity contribution >= 4 is 11.6 Å².